The lowest BCUT2D eigenvalue weighted by atomic mass is 10.0. The van der Waals surface area contributed by atoms with E-state index in [0.29, 0.717) is 6.04 Å². The highest BCUT2D eigenvalue weighted by molar-refractivity contribution is 5.31. The number of hydrogen-bond acceptors (Lipinski definition) is 2. The zero-order valence-electron chi connectivity index (χ0n) is 13.3. The van der Waals surface area contributed by atoms with E-state index in [1.807, 2.05) is 0 Å². The zero-order chi connectivity index (χ0) is 14.3. The van der Waals surface area contributed by atoms with E-state index in [-0.39, 0.29) is 0 Å². The van der Waals surface area contributed by atoms with Crippen LogP contribution >= 0.6 is 0 Å². The minimum atomic E-state index is 0.436. The fourth-order valence-corrected chi connectivity index (χ4v) is 2.35. The Morgan fingerprint density at radius 2 is 1.89 bits per heavy atom. The van der Waals surface area contributed by atoms with Crippen LogP contribution in [0.5, 0.6) is 0 Å². The van der Waals surface area contributed by atoms with Gasteiger partial charge in [0, 0.05) is 12.6 Å². The molecule has 1 unspecified atom stereocenters. The minimum Gasteiger partial charge on any atom is -0.309 e. The molecule has 0 spiro atoms. The molecular formula is C17H30N2. The molecule has 108 valence electrons. The van der Waals surface area contributed by atoms with Gasteiger partial charge in [0.15, 0.2) is 0 Å². The molecule has 1 N–H and O–H groups in total. The smallest absolute Gasteiger partial charge is 0.0449 e. The van der Waals surface area contributed by atoms with Crippen molar-refractivity contribution in [3.05, 3.63) is 34.9 Å². The molecule has 0 aliphatic heterocycles. The SMILES string of the molecule is CCCCN(C)CC(NCC)c1ccc(C)c(C)c1. The molecule has 0 aliphatic rings. The van der Waals surface area contributed by atoms with E-state index in [1.165, 1.54) is 36.1 Å². The lowest BCUT2D eigenvalue weighted by Crippen LogP contribution is -2.33. The molecule has 0 saturated heterocycles. The molecule has 2 heteroatoms. The van der Waals surface area contributed by atoms with Crippen LogP contribution in [0, 0.1) is 13.8 Å². The molecule has 0 amide bonds. The summed E-state index contributed by atoms with van der Waals surface area (Å²) in [5.74, 6) is 0. The van der Waals surface area contributed by atoms with Crippen molar-refractivity contribution in [2.45, 2.75) is 46.6 Å². The zero-order valence-corrected chi connectivity index (χ0v) is 13.3. The van der Waals surface area contributed by atoms with E-state index in [0.717, 1.165) is 13.1 Å². The first-order valence-corrected chi connectivity index (χ1v) is 7.57. The van der Waals surface area contributed by atoms with Crippen molar-refractivity contribution in [2.24, 2.45) is 0 Å². The second-order valence-electron chi connectivity index (χ2n) is 5.57. The molecule has 1 aromatic rings. The van der Waals surface area contributed by atoms with Crippen LogP contribution in [0.4, 0.5) is 0 Å². The number of nitrogens with one attached hydrogen (secondary N) is 1. The van der Waals surface area contributed by atoms with Gasteiger partial charge >= 0.3 is 0 Å². The molecule has 1 atom stereocenters. The predicted molar refractivity (Wildman–Crippen MR) is 84.7 cm³/mol. The van der Waals surface area contributed by atoms with Gasteiger partial charge in [-0.3, -0.25) is 0 Å². The molecule has 0 fully saturated rings. The van der Waals surface area contributed by atoms with Crippen molar-refractivity contribution in [1.29, 1.82) is 0 Å². The number of nitrogens with zero attached hydrogens (tertiary/aromatic N) is 1. The third kappa shape index (κ3) is 5.33. The van der Waals surface area contributed by atoms with Crippen LogP contribution in [0.3, 0.4) is 0 Å². The molecule has 1 aromatic carbocycles. The van der Waals surface area contributed by atoms with Crippen molar-refractivity contribution in [3.8, 4) is 0 Å². The molecule has 0 aromatic heterocycles. The maximum absolute atomic E-state index is 3.61. The summed E-state index contributed by atoms with van der Waals surface area (Å²) < 4.78 is 0. The van der Waals surface area contributed by atoms with E-state index in [4.69, 9.17) is 0 Å². The van der Waals surface area contributed by atoms with Crippen molar-refractivity contribution in [1.82, 2.24) is 10.2 Å². The molecule has 1 rings (SSSR count). The first-order chi connectivity index (χ1) is 9.08. The summed E-state index contributed by atoms with van der Waals surface area (Å²) in [7, 11) is 2.22. The quantitative estimate of drug-likeness (QED) is 0.768. The van der Waals surface area contributed by atoms with Crippen molar-refractivity contribution in [2.75, 3.05) is 26.7 Å². The summed E-state index contributed by atoms with van der Waals surface area (Å²) in [6, 6.07) is 7.27. The third-order valence-corrected chi connectivity index (χ3v) is 3.77. The van der Waals surface area contributed by atoms with Crippen molar-refractivity contribution >= 4 is 0 Å². The lowest BCUT2D eigenvalue weighted by Gasteiger charge is -2.25. The van der Waals surface area contributed by atoms with Crippen LogP contribution in [-0.2, 0) is 0 Å². The lowest BCUT2D eigenvalue weighted by molar-refractivity contribution is 0.288. The largest absolute Gasteiger partial charge is 0.309 e. The normalized spacial score (nSPS) is 12.9. The highest BCUT2D eigenvalue weighted by Crippen LogP contribution is 2.18. The van der Waals surface area contributed by atoms with Gasteiger partial charge in [-0.15, -0.1) is 0 Å². The van der Waals surface area contributed by atoms with Gasteiger partial charge in [-0.05, 0) is 57.1 Å². The average molecular weight is 262 g/mol. The van der Waals surface area contributed by atoms with Crippen LogP contribution in [0.1, 0.15) is 49.4 Å². The van der Waals surface area contributed by atoms with Crippen LogP contribution in [0.2, 0.25) is 0 Å². The van der Waals surface area contributed by atoms with E-state index in [1.54, 1.807) is 0 Å². The Morgan fingerprint density at radius 3 is 2.47 bits per heavy atom. The summed E-state index contributed by atoms with van der Waals surface area (Å²) >= 11 is 0. The standard InChI is InChI=1S/C17H30N2/c1-6-8-11-19(5)13-17(18-7-2)16-10-9-14(3)15(4)12-16/h9-10,12,17-18H,6-8,11,13H2,1-5H3. The molecular weight excluding hydrogens is 232 g/mol. The molecule has 19 heavy (non-hydrogen) atoms. The number of aryl methyl sites for hydroxylation is 2. The Labute approximate surface area is 119 Å². The number of likely N-dealkylation sites (N-methyl/N-ethyl adjacent to an activating group) is 2. The van der Waals surface area contributed by atoms with Gasteiger partial charge in [0.1, 0.15) is 0 Å². The Kier molecular flexibility index (Phi) is 7.11. The van der Waals surface area contributed by atoms with E-state index in [2.05, 4.69) is 63.2 Å². The van der Waals surface area contributed by atoms with Crippen molar-refractivity contribution in [3.63, 3.8) is 0 Å². The average Bonchev–Trinajstić information content (AvgIpc) is 2.39. The molecule has 0 radical (unpaired) electrons. The highest BCUT2D eigenvalue weighted by Gasteiger charge is 2.13. The molecule has 0 bridgehead atoms. The van der Waals surface area contributed by atoms with Gasteiger partial charge in [0.25, 0.3) is 0 Å². The summed E-state index contributed by atoms with van der Waals surface area (Å²) in [5.41, 5.74) is 4.17. The first kappa shape index (κ1) is 16.2. The third-order valence-electron chi connectivity index (χ3n) is 3.77. The maximum atomic E-state index is 3.61. The van der Waals surface area contributed by atoms with Gasteiger partial charge in [-0.1, -0.05) is 38.5 Å². The maximum Gasteiger partial charge on any atom is 0.0449 e. The van der Waals surface area contributed by atoms with Gasteiger partial charge in [-0.2, -0.15) is 0 Å². The second-order valence-corrected chi connectivity index (χ2v) is 5.57. The van der Waals surface area contributed by atoms with Crippen LogP contribution < -0.4 is 5.32 Å². The Bertz CT molecular complexity index is 374. The van der Waals surface area contributed by atoms with Gasteiger partial charge in [0.05, 0.1) is 0 Å². The second kappa shape index (κ2) is 8.34. The number of rotatable bonds is 8. The first-order valence-electron chi connectivity index (χ1n) is 7.57. The fourth-order valence-electron chi connectivity index (χ4n) is 2.35. The summed E-state index contributed by atoms with van der Waals surface area (Å²) in [5, 5.41) is 3.61. The monoisotopic (exact) mass is 262 g/mol. The van der Waals surface area contributed by atoms with Gasteiger partial charge in [-0.25, -0.2) is 0 Å². The Morgan fingerprint density at radius 1 is 1.16 bits per heavy atom. The van der Waals surface area contributed by atoms with Gasteiger partial charge in [0.2, 0.25) is 0 Å². The van der Waals surface area contributed by atoms with E-state index in [9.17, 15) is 0 Å². The number of hydrogen-bond donors (Lipinski definition) is 1. The molecule has 2 nitrogen and oxygen atoms in total. The predicted octanol–water partition coefficient (Wildman–Crippen LogP) is 3.69. The topological polar surface area (TPSA) is 15.3 Å². The van der Waals surface area contributed by atoms with E-state index < -0.39 is 0 Å². The van der Waals surface area contributed by atoms with Gasteiger partial charge < -0.3 is 10.2 Å². The number of unbranched alkanes of at least 4 members (excludes halogenated alkanes) is 1. The highest BCUT2D eigenvalue weighted by atomic mass is 15.1. The Hall–Kier alpha value is -0.860. The van der Waals surface area contributed by atoms with Crippen LogP contribution in [-0.4, -0.2) is 31.6 Å². The summed E-state index contributed by atoms with van der Waals surface area (Å²) in [6.07, 6.45) is 2.54. The van der Waals surface area contributed by atoms with E-state index >= 15 is 0 Å². The minimum absolute atomic E-state index is 0.436. The molecule has 0 aliphatic carbocycles. The Balaban J connectivity index is 2.72. The van der Waals surface area contributed by atoms with Crippen LogP contribution in [0.15, 0.2) is 18.2 Å². The summed E-state index contributed by atoms with van der Waals surface area (Å²) in [6.45, 7) is 12.1. The molecule has 0 heterocycles. The molecule has 0 saturated carbocycles. The number of benzene rings is 1. The fraction of sp³-hybridized carbons (Fsp3) is 0.647. The summed E-state index contributed by atoms with van der Waals surface area (Å²) in [4.78, 5) is 2.44. The van der Waals surface area contributed by atoms with Crippen molar-refractivity contribution < 1.29 is 0 Å². The van der Waals surface area contributed by atoms with Crippen LogP contribution in [0.25, 0.3) is 0 Å².